The van der Waals surface area contributed by atoms with E-state index in [0.29, 0.717) is 6.04 Å². The molecule has 0 saturated carbocycles. The topological polar surface area (TPSA) is 29.1 Å². The number of halogens is 1. The number of nitrogens with one attached hydrogen (secondary N) is 1. The van der Waals surface area contributed by atoms with Gasteiger partial charge in [-0.1, -0.05) is 6.92 Å². The lowest BCUT2D eigenvalue weighted by molar-refractivity contribution is 0.560. The van der Waals surface area contributed by atoms with Gasteiger partial charge in [0.2, 0.25) is 0 Å². The zero-order valence-electron chi connectivity index (χ0n) is 9.83. The molecular weight excluding hydrogens is 306 g/mol. The Morgan fingerprint density at radius 3 is 2.75 bits per heavy atom. The first-order valence-corrected chi connectivity index (χ1v) is 8.59. The molecule has 1 aromatic rings. The Labute approximate surface area is 112 Å². The molecule has 0 aliphatic rings. The highest BCUT2D eigenvalue weighted by Gasteiger charge is 2.09. The van der Waals surface area contributed by atoms with E-state index >= 15 is 0 Å². The predicted octanol–water partition coefficient (Wildman–Crippen LogP) is 3.32. The van der Waals surface area contributed by atoms with E-state index in [0.717, 1.165) is 17.4 Å². The van der Waals surface area contributed by atoms with Gasteiger partial charge in [0.15, 0.2) is 0 Å². The van der Waals surface area contributed by atoms with Gasteiger partial charge in [-0.2, -0.15) is 0 Å². The van der Waals surface area contributed by atoms with Gasteiger partial charge >= 0.3 is 0 Å². The lowest BCUT2D eigenvalue weighted by Crippen LogP contribution is -2.23. The highest BCUT2D eigenvalue weighted by Crippen LogP contribution is 2.25. The molecule has 92 valence electrons. The first kappa shape index (κ1) is 14.4. The highest BCUT2D eigenvalue weighted by molar-refractivity contribution is 9.10. The molecular formula is C11H18BrNOS2. The van der Waals surface area contributed by atoms with Crippen molar-refractivity contribution in [2.75, 3.05) is 12.8 Å². The van der Waals surface area contributed by atoms with Gasteiger partial charge in [0.1, 0.15) is 0 Å². The lowest BCUT2D eigenvalue weighted by atomic mass is 10.2. The quantitative estimate of drug-likeness (QED) is 0.870. The van der Waals surface area contributed by atoms with Crippen molar-refractivity contribution in [1.82, 2.24) is 5.32 Å². The molecule has 1 rings (SSSR count). The van der Waals surface area contributed by atoms with Crippen molar-refractivity contribution in [3.8, 4) is 0 Å². The molecule has 1 N–H and O–H groups in total. The van der Waals surface area contributed by atoms with Crippen molar-refractivity contribution in [1.29, 1.82) is 0 Å². The molecule has 0 fully saturated rings. The zero-order valence-corrected chi connectivity index (χ0v) is 13.0. The first-order valence-electron chi connectivity index (χ1n) is 5.30. The average molecular weight is 324 g/mol. The van der Waals surface area contributed by atoms with Crippen LogP contribution in [0.4, 0.5) is 0 Å². The van der Waals surface area contributed by atoms with Crippen molar-refractivity contribution < 1.29 is 4.21 Å². The Hall–Kier alpha value is 0.290. The van der Waals surface area contributed by atoms with Crippen LogP contribution in [-0.4, -0.2) is 22.3 Å². The summed E-state index contributed by atoms with van der Waals surface area (Å²) in [5.41, 5.74) is 0. The third-order valence-corrected chi connectivity index (χ3v) is 5.83. The zero-order chi connectivity index (χ0) is 12.1. The summed E-state index contributed by atoms with van der Waals surface area (Å²) in [5, 5.41) is 5.82. The number of thiophene rings is 1. The Morgan fingerprint density at radius 2 is 2.25 bits per heavy atom. The maximum absolute atomic E-state index is 11.2. The number of hydrogen-bond acceptors (Lipinski definition) is 3. The van der Waals surface area contributed by atoms with Crippen LogP contribution >= 0.6 is 27.3 Å². The predicted molar refractivity (Wildman–Crippen MR) is 76.6 cm³/mol. The third-order valence-electron chi connectivity index (χ3n) is 2.58. The van der Waals surface area contributed by atoms with E-state index in [1.165, 1.54) is 4.88 Å². The molecule has 0 bridgehead atoms. The van der Waals surface area contributed by atoms with E-state index in [-0.39, 0.29) is 5.25 Å². The molecule has 0 amide bonds. The summed E-state index contributed by atoms with van der Waals surface area (Å²) < 4.78 is 12.3. The Balaban J connectivity index is 2.30. The van der Waals surface area contributed by atoms with Crippen molar-refractivity contribution in [3.63, 3.8) is 0 Å². The van der Waals surface area contributed by atoms with Crippen LogP contribution in [0.3, 0.4) is 0 Å². The molecule has 16 heavy (non-hydrogen) atoms. The normalized spacial score (nSPS) is 17.0. The lowest BCUT2D eigenvalue weighted by Gasteiger charge is -2.14. The molecule has 5 heteroatoms. The van der Waals surface area contributed by atoms with Crippen LogP contribution in [0.25, 0.3) is 0 Å². The summed E-state index contributed by atoms with van der Waals surface area (Å²) >= 11 is 5.21. The second-order valence-corrected chi connectivity index (χ2v) is 7.60. The second-order valence-electron chi connectivity index (χ2n) is 3.94. The van der Waals surface area contributed by atoms with Crippen molar-refractivity contribution in [3.05, 3.63) is 20.8 Å². The Kier molecular flexibility index (Phi) is 6.18. The van der Waals surface area contributed by atoms with E-state index < -0.39 is 10.8 Å². The monoisotopic (exact) mass is 323 g/mol. The fraction of sp³-hybridized carbons (Fsp3) is 0.636. The van der Waals surface area contributed by atoms with E-state index in [1.54, 1.807) is 17.6 Å². The van der Waals surface area contributed by atoms with Crippen LogP contribution in [0.15, 0.2) is 15.9 Å². The molecule has 0 aromatic carbocycles. The third kappa shape index (κ3) is 4.65. The SMILES string of the molecule is C[C@H](NCC[C@H](C)[S@](C)=O)c1cc(Br)cs1. The average Bonchev–Trinajstić information content (AvgIpc) is 2.64. The summed E-state index contributed by atoms with van der Waals surface area (Å²) in [5.74, 6) is 0. The summed E-state index contributed by atoms with van der Waals surface area (Å²) in [6, 6.07) is 2.51. The standard InChI is InChI=1S/C11H18BrNOS2/c1-8(16(3)14)4-5-13-9(2)11-6-10(12)7-15-11/h6-9,13H,4-5H2,1-3H3/t8-,9-,16-/m0/s1. The maximum Gasteiger partial charge on any atom is 0.0386 e. The van der Waals surface area contributed by atoms with Crippen LogP contribution in [-0.2, 0) is 10.8 Å². The van der Waals surface area contributed by atoms with E-state index in [9.17, 15) is 4.21 Å². The van der Waals surface area contributed by atoms with Gasteiger partial charge in [0, 0.05) is 43.1 Å². The van der Waals surface area contributed by atoms with Gasteiger partial charge in [-0.15, -0.1) is 11.3 Å². The highest BCUT2D eigenvalue weighted by atomic mass is 79.9. The van der Waals surface area contributed by atoms with E-state index in [1.807, 2.05) is 6.92 Å². The Morgan fingerprint density at radius 1 is 1.56 bits per heavy atom. The van der Waals surface area contributed by atoms with E-state index in [4.69, 9.17) is 0 Å². The van der Waals surface area contributed by atoms with Gasteiger partial charge in [-0.3, -0.25) is 4.21 Å². The van der Waals surface area contributed by atoms with Crippen molar-refractivity contribution in [2.45, 2.75) is 31.6 Å². The van der Waals surface area contributed by atoms with Crippen molar-refractivity contribution in [2.24, 2.45) is 0 Å². The minimum atomic E-state index is -0.710. The molecule has 0 aliphatic carbocycles. The molecule has 1 aromatic heterocycles. The molecule has 0 aliphatic heterocycles. The largest absolute Gasteiger partial charge is 0.309 e. The van der Waals surface area contributed by atoms with Crippen LogP contribution in [0, 0.1) is 0 Å². The summed E-state index contributed by atoms with van der Waals surface area (Å²) in [6.07, 6.45) is 2.73. The Bertz CT molecular complexity index is 354. The van der Waals surface area contributed by atoms with Gasteiger partial charge < -0.3 is 5.32 Å². The van der Waals surface area contributed by atoms with Crippen LogP contribution in [0.1, 0.15) is 31.2 Å². The van der Waals surface area contributed by atoms with Crippen molar-refractivity contribution >= 4 is 38.1 Å². The van der Waals surface area contributed by atoms with E-state index in [2.05, 4.69) is 39.6 Å². The molecule has 1 heterocycles. The molecule has 0 saturated heterocycles. The molecule has 0 spiro atoms. The summed E-state index contributed by atoms with van der Waals surface area (Å²) in [6.45, 7) is 5.10. The fourth-order valence-corrected chi connectivity index (χ4v) is 3.25. The molecule has 3 atom stereocenters. The second kappa shape index (κ2) is 6.89. The molecule has 2 nitrogen and oxygen atoms in total. The van der Waals surface area contributed by atoms with Gasteiger partial charge in [-0.05, 0) is 41.9 Å². The van der Waals surface area contributed by atoms with Crippen LogP contribution in [0.5, 0.6) is 0 Å². The van der Waals surface area contributed by atoms with Gasteiger partial charge in [0.05, 0.1) is 0 Å². The smallest absolute Gasteiger partial charge is 0.0386 e. The summed E-state index contributed by atoms with van der Waals surface area (Å²) in [4.78, 5) is 1.33. The number of rotatable bonds is 6. The fourth-order valence-electron chi connectivity index (χ4n) is 1.32. The van der Waals surface area contributed by atoms with Gasteiger partial charge in [0.25, 0.3) is 0 Å². The van der Waals surface area contributed by atoms with Crippen LogP contribution in [0.2, 0.25) is 0 Å². The first-order chi connectivity index (χ1) is 7.50. The number of hydrogen-bond donors (Lipinski definition) is 1. The maximum atomic E-state index is 11.2. The summed E-state index contributed by atoms with van der Waals surface area (Å²) in [7, 11) is -0.710. The van der Waals surface area contributed by atoms with Gasteiger partial charge in [-0.25, -0.2) is 0 Å². The minimum absolute atomic E-state index is 0.273. The van der Waals surface area contributed by atoms with Crippen LogP contribution < -0.4 is 5.32 Å². The minimum Gasteiger partial charge on any atom is -0.309 e. The molecule has 0 radical (unpaired) electrons. The molecule has 0 unspecified atom stereocenters.